The minimum absolute atomic E-state index is 0.0345. The van der Waals surface area contributed by atoms with Gasteiger partial charge in [0.1, 0.15) is 5.82 Å². The molecule has 0 unspecified atom stereocenters. The zero-order valence-corrected chi connectivity index (χ0v) is 15.0. The molecule has 6 heteroatoms. The van der Waals surface area contributed by atoms with Crippen molar-refractivity contribution in [3.05, 3.63) is 53.0 Å². The van der Waals surface area contributed by atoms with Gasteiger partial charge in [-0.15, -0.1) is 0 Å². The number of H-pyrrole nitrogens is 1. The summed E-state index contributed by atoms with van der Waals surface area (Å²) >= 11 is 0. The van der Waals surface area contributed by atoms with Gasteiger partial charge in [0, 0.05) is 29.7 Å². The van der Waals surface area contributed by atoms with E-state index in [1.165, 1.54) is 12.1 Å². The van der Waals surface area contributed by atoms with Crippen LogP contribution in [0.2, 0.25) is 0 Å². The van der Waals surface area contributed by atoms with Crippen LogP contribution in [-0.2, 0) is 16.0 Å². The van der Waals surface area contributed by atoms with Crippen LogP contribution in [0.3, 0.4) is 0 Å². The van der Waals surface area contributed by atoms with Gasteiger partial charge < -0.3 is 15.6 Å². The van der Waals surface area contributed by atoms with Crippen LogP contribution in [-0.4, -0.2) is 34.8 Å². The highest BCUT2D eigenvalue weighted by atomic mass is 19.1. The molecule has 0 fully saturated rings. The first kappa shape index (κ1) is 17.9. The summed E-state index contributed by atoms with van der Waals surface area (Å²) in [7, 11) is 0. The van der Waals surface area contributed by atoms with Gasteiger partial charge in [-0.05, 0) is 49.1 Å². The predicted molar refractivity (Wildman–Crippen MR) is 100 cm³/mol. The van der Waals surface area contributed by atoms with E-state index in [1.54, 1.807) is 4.90 Å². The maximum atomic E-state index is 15.1. The number of amides is 2. The molecule has 5 nitrogen and oxygen atoms in total. The lowest BCUT2D eigenvalue weighted by Crippen LogP contribution is -2.34. The third-order valence-electron chi connectivity index (χ3n) is 4.93. The fourth-order valence-electron chi connectivity index (χ4n) is 3.57. The molecule has 1 aliphatic rings. The van der Waals surface area contributed by atoms with Crippen molar-refractivity contribution in [1.82, 2.24) is 9.88 Å². The van der Waals surface area contributed by atoms with Crippen LogP contribution in [0.4, 0.5) is 4.39 Å². The Kier molecular flexibility index (Phi) is 4.68. The van der Waals surface area contributed by atoms with Crippen molar-refractivity contribution in [2.45, 2.75) is 26.7 Å². The lowest BCUT2D eigenvalue weighted by Gasteiger charge is -2.27. The number of halogens is 1. The summed E-state index contributed by atoms with van der Waals surface area (Å²) in [4.78, 5) is 28.2. The van der Waals surface area contributed by atoms with E-state index in [0.717, 1.165) is 27.7 Å². The Morgan fingerprint density at radius 3 is 2.81 bits per heavy atom. The number of aryl methyl sites for hydroxylation is 2. The summed E-state index contributed by atoms with van der Waals surface area (Å²) in [5.74, 6) is -1.09. The largest absolute Gasteiger partial charge is 0.369 e. The van der Waals surface area contributed by atoms with Crippen molar-refractivity contribution in [3.8, 4) is 0 Å². The molecule has 2 amide bonds. The minimum atomic E-state index is -0.511. The van der Waals surface area contributed by atoms with E-state index in [4.69, 9.17) is 5.73 Å². The third kappa shape index (κ3) is 3.03. The number of nitrogens with zero attached hydrogens (tertiary/aromatic N) is 1. The summed E-state index contributed by atoms with van der Waals surface area (Å²) in [6.45, 7) is 8.27. The lowest BCUT2D eigenvalue weighted by molar-refractivity contribution is -0.125. The normalized spacial score (nSPS) is 14.4. The molecule has 3 rings (SSSR count). The summed E-state index contributed by atoms with van der Waals surface area (Å²) in [6, 6.07) is 1.37. The number of primary amides is 1. The molecule has 136 valence electrons. The monoisotopic (exact) mass is 355 g/mol. The molecule has 2 heterocycles. The number of aromatic amines is 1. The van der Waals surface area contributed by atoms with Crippen molar-refractivity contribution < 1.29 is 14.0 Å². The molecular formula is C20H22FN3O2. The standard InChI is InChI=1S/C20H22FN3O2/c1-4-17(26)24-7-5-6-13(10-24)19-15(21)8-14(9-16(22)25)20-18(19)11(2)12(3)23-20/h4,6,8,23H,1,5,7,9-10H2,2-3H3,(H2,22,25). The van der Waals surface area contributed by atoms with Gasteiger partial charge in [-0.1, -0.05) is 12.7 Å². The summed E-state index contributed by atoms with van der Waals surface area (Å²) in [6.07, 6.45) is 3.87. The fraction of sp³-hybridized carbons (Fsp3) is 0.300. The Bertz CT molecular complexity index is 956. The molecule has 0 atom stereocenters. The Labute approximate surface area is 151 Å². The van der Waals surface area contributed by atoms with Crippen LogP contribution in [0.15, 0.2) is 24.8 Å². The second-order valence-electron chi connectivity index (χ2n) is 6.64. The molecule has 0 radical (unpaired) electrons. The first-order chi connectivity index (χ1) is 12.3. The Morgan fingerprint density at radius 1 is 1.42 bits per heavy atom. The summed E-state index contributed by atoms with van der Waals surface area (Å²) in [5, 5.41) is 0.748. The van der Waals surface area contributed by atoms with Gasteiger partial charge >= 0.3 is 0 Å². The number of benzene rings is 1. The molecule has 2 aromatic rings. The Morgan fingerprint density at radius 2 is 2.15 bits per heavy atom. The van der Waals surface area contributed by atoms with Gasteiger partial charge in [-0.2, -0.15) is 0 Å². The van der Waals surface area contributed by atoms with Crippen molar-refractivity contribution in [3.63, 3.8) is 0 Å². The van der Waals surface area contributed by atoms with Gasteiger partial charge in [0.2, 0.25) is 11.8 Å². The second-order valence-corrected chi connectivity index (χ2v) is 6.64. The molecule has 0 spiro atoms. The molecule has 3 N–H and O–H groups in total. The van der Waals surface area contributed by atoms with Crippen LogP contribution in [0.25, 0.3) is 16.5 Å². The quantitative estimate of drug-likeness (QED) is 0.827. The molecule has 1 aromatic heterocycles. The molecular weight excluding hydrogens is 333 g/mol. The molecule has 0 saturated heterocycles. The number of hydrogen-bond donors (Lipinski definition) is 2. The van der Waals surface area contributed by atoms with Crippen molar-refractivity contribution in [1.29, 1.82) is 0 Å². The van der Waals surface area contributed by atoms with Crippen molar-refractivity contribution in [2.24, 2.45) is 5.73 Å². The van der Waals surface area contributed by atoms with E-state index < -0.39 is 11.7 Å². The first-order valence-corrected chi connectivity index (χ1v) is 8.52. The Balaban J connectivity index is 2.19. The zero-order chi connectivity index (χ0) is 19.0. The average Bonchev–Trinajstić information content (AvgIpc) is 2.90. The van der Waals surface area contributed by atoms with Gasteiger partial charge in [-0.3, -0.25) is 9.59 Å². The SMILES string of the molecule is C=CC(=O)N1CCC=C(c2c(F)cc(CC(N)=O)c3[nH]c(C)c(C)c23)C1. The van der Waals surface area contributed by atoms with E-state index in [1.807, 2.05) is 19.9 Å². The lowest BCUT2D eigenvalue weighted by atomic mass is 9.92. The van der Waals surface area contributed by atoms with Crippen LogP contribution in [0.5, 0.6) is 0 Å². The van der Waals surface area contributed by atoms with E-state index in [-0.39, 0.29) is 12.3 Å². The number of nitrogens with two attached hydrogens (primary N) is 1. The molecule has 0 saturated carbocycles. The van der Waals surface area contributed by atoms with Crippen LogP contribution < -0.4 is 5.73 Å². The maximum Gasteiger partial charge on any atom is 0.246 e. The van der Waals surface area contributed by atoms with E-state index in [2.05, 4.69) is 11.6 Å². The predicted octanol–water partition coefficient (Wildman–Crippen LogP) is 2.75. The van der Waals surface area contributed by atoms with E-state index in [9.17, 15) is 9.59 Å². The minimum Gasteiger partial charge on any atom is -0.369 e. The number of aromatic nitrogens is 1. The number of fused-ring (bicyclic) bond motifs is 1. The average molecular weight is 355 g/mol. The molecule has 0 bridgehead atoms. The van der Waals surface area contributed by atoms with Crippen molar-refractivity contribution >= 4 is 28.3 Å². The third-order valence-corrected chi connectivity index (χ3v) is 4.93. The number of rotatable bonds is 4. The highest BCUT2D eigenvalue weighted by Gasteiger charge is 2.24. The van der Waals surface area contributed by atoms with Crippen LogP contribution >= 0.6 is 0 Å². The van der Waals surface area contributed by atoms with Gasteiger partial charge in [0.15, 0.2) is 0 Å². The molecule has 0 aliphatic carbocycles. The summed E-state index contributed by atoms with van der Waals surface area (Å²) < 4.78 is 15.1. The van der Waals surface area contributed by atoms with Crippen molar-refractivity contribution in [2.75, 3.05) is 13.1 Å². The molecule has 26 heavy (non-hydrogen) atoms. The number of carbonyl (C=O) groups excluding carboxylic acids is 2. The maximum absolute atomic E-state index is 15.1. The fourth-order valence-corrected chi connectivity index (χ4v) is 3.57. The topological polar surface area (TPSA) is 79.2 Å². The van der Waals surface area contributed by atoms with Crippen LogP contribution in [0, 0.1) is 19.7 Å². The number of nitrogens with one attached hydrogen (secondary N) is 1. The molecule has 1 aromatic carbocycles. The molecule has 1 aliphatic heterocycles. The van der Waals surface area contributed by atoms with Gasteiger partial charge in [-0.25, -0.2) is 4.39 Å². The number of carbonyl (C=O) groups is 2. The van der Waals surface area contributed by atoms with Crippen LogP contribution in [0.1, 0.15) is 28.8 Å². The zero-order valence-electron chi connectivity index (χ0n) is 15.0. The van der Waals surface area contributed by atoms with Gasteiger partial charge in [0.25, 0.3) is 0 Å². The highest BCUT2D eigenvalue weighted by molar-refractivity contribution is 6.00. The van der Waals surface area contributed by atoms with E-state index >= 15 is 4.39 Å². The van der Waals surface area contributed by atoms with E-state index in [0.29, 0.717) is 30.6 Å². The highest BCUT2D eigenvalue weighted by Crippen LogP contribution is 2.36. The smallest absolute Gasteiger partial charge is 0.246 e. The van der Waals surface area contributed by atoms with Gasteiger partial charge in [0.05, 0.1) is 11.9 Å². The Hall–Kier alpha value is -2.89. The summed E-state index contributed by atoms with van der Waals surface area (Å²) in [5.41, 5.74) is 9.67. The number of hydrogen-bond acceptors (Lipinski definition) is 2. The first-order valence-electron chi connectivity index (χ1n) is 8.52. The second kappa shape index (κ2) is 6.78.